The molecule has 0 bridgehead atoms. The zero-order valence-electron chi connectivity index (χ0n) is 15.8. The molecule has 0 aliphatic heterocycles. The van der Waals surface area contributed by atoms with Gasteiger partial charge in [0, 0.05) is 37.7 Å². The standard InChI is InChI=1S/C21H26N2O3/c1-15-6-5-7-17(12-15)21(25)22-11-10-20(24)23(3)14-18-13-16(2)8-9-19(18)26-4/h5-9,12-13H,10-11,14H2,1-4H3,(H,22,25). The molecule has 0 aliphatic carbocycles. The number of nitrogens with zero attached hydrogens (tertiary/aromatic N) is 1. The van der Waals surface area contributed by atoms with E-state index in [1.165, 1.54) is 0 Å². The van der Waals surface area contributed by atoms with E-state index in [-0.39, 0.29) is 18.2 Å². The predicted molar refractivity (Wildman–Crippen MR) is 102 cm³/mol. The van der Waals surface area contributed by atoms with E-state index in [0.29, 0.717) is 18.7 Å². The summed E-state index contributed by atoms with van der Waals surface area (Å²) in [6.07, 6.45) is 0.252. The monoisotopic (exact) mass is 354 g/mol. The Balaban J connectivity index is 1.86. The van der Waals surface area contributed by atoms with Gasteiger partial charge < -0.3 is 15.0 Å². The van der Waals surface area contributed by atoms with Crippen molar-refractivity contribution in [2.45, 2.75) is 26.8 Å². The van der Waals surface area contributed by atoms with Gasteiger partial charge in [0.2, 0.25) is 5.91 Å². The maximum absolute atomic E-state index is 12.3. The first kappa shape index (κ1) is 19.5. The van der Waals surface area contributed by atoms with Crippen molar-refractivity contribution in [1.82, 2.24) is 10.2 Å². The highest BCUT2D eigenvalue weighted by molar-refractivity contribution is 5.94. The Labute approximate surface area is 155 Å². The van der Waals surface area contributed by atoms with Crippen LogP contribution in [0.2, 0.25) is 0 Å². The van der Waals surface area contributed by atoms with Crippen LogP contribution in [-0.2, 0) is 11.3 Å². The third kappa shape index (κ3) is 5.34. The van der Waals surface area contributed by atoms with Crippen LogP contribution in [0.5, 0.6) is 5.75 Å². The SMILES string of the molecule is COc1ccc(C)cc1CN(C)C(=O)CCNC(=O)c1cccc(C)c1. The molecule has 0 saturated heterocycles. The smallest absolute Gasteiger partial charge is 0.251 e. The van der Waals surface area contributed by atoms with Crippen molar-refractivity contribution >= 4 is 11.8 Å². The molecular weight excluding hydrogens is 328 g/mol. The first-order valence-electron chi connectivity index (χ1n) is 8.63. The van der Waals surface area contributed by atoms with Crippen LogP contribution in [0.4, 0.5) is 0 Å². The number of nitrogens with one attached hydrogen (secondary N) is 1. The maximum atomic E-state index is 12.3. The van der Waals surface area contributed by atoms with Gasteiger partial charge in [0.05, 0.1) is 7.11 Å². The number of carbonyl (C=O) groups excluding carboxylic acids is 2. The number of aryl methyl sites for hydroxylation is 2. The van der Waals surface area contributed by atoms with Gasteiger partial charge in [-0.25, -0.2) is 0 Å². The van der Waals surface area contributed by atoms with Crippen molar-refractivity contribution in [3.63, 3.8) is 0 Å². The molecule has 138 valence electrons. The van der Waals surface area contributed by atoms with Crippen molar-refractivity contribution in [1.29, 1.82) is 0 Å². The number of benzene rings is 2. The van der Waals surface area contributed by atoms with Gasteiger partial charge in [0.25, 0.3) is 5.91 Å². The minimum absolute atomic E-state index is 0.0295. The number of rotatable bonds is 7. The van der Waals surface area contributed by atoms with Gasteiger partial charge in [-0.3, -0.25) is 9.59 Å². The highest BCUT2D eigenvalue weighted by Gasteiger charge is 2.13. The lowest BCUT2D eigenvalue weighted by Gasteiger charge is -2.19. The van der Waals surface area contributed by atoms with Gasteiger partial charge >= 0.3 is 0 Å². The van der Waals surface area contributed by atoms with E-state index in [2.05, 4.69) is 5.32 Å². The molecule has 2 aromatic rings. The Morgan fingerprint density at radius 2 is 1.81 bits per heavy atom. The van der Waals surface area contributed by atoms with Crippen molar-refractivity contribution in [3.05, 3.63) is 64.7 Å². The molecule has 0 spiro atoms. The average molecular weight is 354 g/mol. The molecule has 0 radical (unpaired) electrons. The van der Waals surface area contributed by atoms with E-state index in [1.54, 1.807) is 25.1 Å². The molecule has 0 aliphatic rings. The lowest BCUT2D eigenvalue weighted by atomic mass is 10.1. The van der Waals surface area contributed by atoms with Crippen LogP contribution in [0.3, 0.4) is 0 Å². The van der Waals surface area contributed by atoms with Crippen LogP contribution in [0, 0.1) is 13.8 Å². The van der Waals surface area contributed by atoms with Crippen molar-refractivity contribution in [2.75, 3.05) is 20.7 Å². The van der Waals surface area contributed by atoms with Gasteiger partial charge in [-0.1, -0.05) is 35.4 Å². The number of amides is 2. The van der Waals surface area contributed by atoms with E-state index >= 15 is 0 Å². The molecule has 2 amide bonds. The molecule has 2 rings (SSSR count). The predicted octanol–water partition coefficient (Wildman–Crippen LogP) is 3.09. The number of hydrogen-bond acceptors (Lipinski definition) is 3. The van der Waals surface area contributed by atoms with Gasteiger partial charge in [-0.05, 0) is 32.0 Å². The fourth-order valence-corrected chi connectivity index (χ4v) is 2.74. The molecule has 5 nitrogen and oxygen atoms in total. The molecule has 0 heterocycles. The fourth-order valence-electron chi connectivity index (χ4n) is 2.74. The number of hydrogen-bond donors (Lipinski definition) is 1. The summed E-state index contributed by atoms with van der Waals surface area (Å²) in [5, 5.41) is 2.80. The first-order valence-corrected chi connectivity index (χ1v) is 8.63. The Bertz CT molecular complexity index is 787. The van der Waals surface area contributed by atoms with E-state index < -0.39 is 0 Å². The summed E-state index contributed by atoms with van der Waals surface area (Å²) in [5.74, 6) is 0.575. The third-order valence-corrected chi connectivity index (χ3v) is 4.17. The van der Waals surface area contributed by atoms with E-state index in [4.69, 9.17) is 4.74 Å². The van der Waals surface area contributed by atoms with Crippen molar-refractivity contribution < 1.29 is 14.3 Å². The molecular formula is C21H26N2O3. The lowest BCUT2D eigenvalue weighted by Crippen LogP contribution is -2.32. The highest BCUT2D eigenvalue weighted by atomic mass is 16.5. The zero-order chi connectivity index (χ0) is 19.1. The van der Waals surface area contributed by atoms with Gasteiger partial charge in [0.15, 0.2) is 0 Å². The minimum Gasteiger partial charge on any atom is -0.496 e. The molecule has 26 heavy (non-hydrogen) atoms. The molecule has 2 aromatic carbocycles. The topological polar surface area (TPSA) is 58.6 Å². The van der Waals surface area contributed by atoms with Crippen molar-refractivity contribution in [3.8, 4) is 5.75 Å². The number of ether oxygens (including phenoxy) is 1. The van der Waals surface area contributed by atoms with Gasteiger partial charge in [-0.15, -0.1) is 0 Å². The fraction of sp³-hybridized carbons (Fsp3) is 0.333. The Kier molecular flexibility index (Phi) is 6.78. The van der Waals surface area contributed by atoms with Gasteiger partial charge in [0.1, 0.15) is 5.75 Å². The summed E-state index contributed by atoms with van der Waals surface area (Å²) >= 11 is 0. The molecule has 0 aromatic heterocycles. The second-order valence-corrected chi connectivity index (χ2v) is 6.44. The van der Waals surface area contributed by atoms with E-state index in [0.717, 1.165) is 22.4 Å². The summed E-state index contributed by atoms with van der Waals surface area (Å²) in [6.45, 7) is 4.72. The maximum Gasteiger partial charge on any atom is 0.251 e. The lowest BCUT2D eigenvalue weighted by molar-refractivity contribution is -0.130. The Morgan fingerprint density at radius 1 is 1.08 bits per heavy atom. The van der Waals surface area contributed by atoms with Crippen LogP contribution in [0.25, 0.3) is 0 Å². The molecule has 5 heteroatoms. The van der Waals surface area contributed by atoms with Crippen LogP contribution in [0.15, 0.2) is 42.5 Å². The Hall–Kier alpha value is -2.82. The van der Waals surface area contributed by atoms with E-state index in [1.807, 2.05) is 50.2 Å². The molecule has 1 N–H and O–H groups in total. The zero-order valence-corrected chi connectivity index (χ0v) is 15.8. The first-order chi connectivity index (χ1) is 12.4. The van der Waals surface area contributed by atoms with Crippen LogP contribution >= 0.6 is 0 Å². The molecule has 0 unspecified atom stereocenters. The second kappa shape index (κ2) is 9.04. The minimum atomic E-state index is -0.162. The van der Waals surface area contributed by atoms with Crippen LogP contribution in [-0.4, -0.2) is 37.4 Å². The second-order valence-electron chi connectivity index (χ2n) is 6.44. The van der Waals surface area contributed by atoms with Crippen LogP contribution in [0.1, 0.15) is 33.5 Å². The number of carbonyl (C=O) groups is 2. The summed E-state index contributed by atoms with van der Waals surface area (Å²) in [6, 6.07) is 13.3. The van der Waals surface area contributed by atoms with Gasteiger partial charge in [-0.2, -0.15) is 0 Å². The highest BCUT2D eigenvalue weighted by Crippen LogP contribution is 2.21. The molecule has 0 saturated carbocycles. The van der Waals surface area contributed by atoms with E-state index in [9.17, 15) is 9.59 Å². The molecule has 0 fully saturated rings. The largest absolute Gasteiger partial charge is 0.496 e. The van der Waals surface area contributed by atoms with Crippen LogP contribution < -0.4 is 10.1 Å². The normalized spacial score (nSPS) is 10.3. The quantitative estimate of drug-likeness (QED) is 0.831. The Morgan fingerprint density at radius 3 is 2.50 bits per heavy atom. The summed E-state index contributed by atoms with van der Waals surface area (Å²) in [5.41, 5.74) is 3.72. The number of methoxy groups -OCH3 is 1. The summed E-state index contributed by atoms with van der Waals surface area (Å²) < 4.78 is 5.36. The summed E-state index contributed by atoms with van der Waals surface area (Å²) in [4.78, 5) is 26.1. The summed E-state index contributed by atoms with van der Waals surface area (Å²) in [7, 11) is 3.38. The molecule has 0 atom stereocenters. The average Bonchev–Trinajstić information content (AvgIpc) is 2.61. The van der Waals surface area contributed by atoms with Crippen molar-refractivity contribution in [2.24, 2.45) is 0 Å². The third-order valence-electron chi connectivity index (χ3n) is 4.17.